The second-order valence-electron chi connectivity index (χ2n) is 3.69. The monoisotopic (exact) mass is 261 g/mol. The van der Waals surface area contributed by atoms with Gasteiger partial charge in [0.2, 0.25) is 0 Å². The lowest BCUT2D eigenvalue weighted by Gasteiger charge is -2.06. The van der Waals surface area contributed by atoms with Gasteiger partial charge in [-0.1, -0.05) is 0 Å². The van der Waals surface area contributed by atoms with Gasteiger partial charge in [-0.25, -0.2) is 4.79 Å². The first-order valence-corrected chi connectivity index (χ1v) is 5.60. The maximum atomic E-state index is 11.4. The van der Waals surface area contributed by atoms with Crippen LogP contribution >= 0.6 is 0 Å². The highest BCUT2D eigenvalue weighted by Gasteiger charge is 2.05. The number of hydrogen-bond acceptors (Lipinski definition) is 5. The minimum atomic E-state index is -0.767. The SMILES string of the molecule is COc1cc(/C=C/C(=O)O[C@H](C)C#N)cc(OC)c1. The number of benzene rings is 1. The molecule has 1 atom stereocenters. The Balaban J connectivity index is 2.81. The lowest BCUT2D eigenvalue weighted by Crippen LogP contribution is -2.10. The predicted molar refractivity (Wildman–Crippen MR) is 69.7 cm³/mol. The van der Waals surface area contributed by atoms with Crippen LogP contribution in [-0.4, -0.2) is 26.3 Å². The number of carbonyl (C=O) groups is 1. The normalized spacial score (nSPS) is 11.7. The van der Waals surface area contributed by atoms with E-state index in [2.05, 4.69) is 0 Å². The smallest absolute Gasteiger partial charge is 0.332 e. The number of ether oxygens (including phenoxy) is 3. The van der Waals surface area contributed by atoms with Gasteiger partial charge in [0, 0.05) is 12.1 Å². The Bertz CT molecular complexity index is 494. The van der Waals surface area contributed by atoms with E-state index in [9.17, 15) is 4.79 Å². The zero-order valence-corrected chi connectivity index (χ0v) is 11.0. The Labute approximate surface area is 112 Å². The summed E-state index contributed by atoms with van der Waals surface area (Å²) in [6.45, 7) is 1.50. The van der Waals surface area contributed by atoms with Gasteiger partial charge in [-0.15, -0.1) is 0 Å². The Morgan fingerprint density at radius 3 is 2.32 bits per heavy atom. The number of nitrogens with zero attached hydrogens (tertiary/aromatic N) is 1. The highest BCUT2D eigenvalue weighted by atomic mass is 16.5. The molecule has 0 spiro atoms. The van der Waals surface area contributed by atoms with E-state index in [1.807, 2.05) is 6.07 Å². The van der Waals surface area contributed by atoms with Gasteiger partial charge < -0.3 is 14.2 Å². The van der Waals surface area contributed by atoms with Crippen molar-refractivity contribution in [2.45, 2.75) is 13.0 Å². The first kappa shape index (κ1) is 14.6. The van der Waals surface area contributed by atoms with Gasteiger partial charge in [-0.3, -0.25) is 0 Å². The van der Waals surface area contributed by atoms with Crippen LogP contribution in [-0.2, 0) is 9.53 Å². The highest BCUT2D eigenvalue weighted by Crippen LogP contribution is 2.23. The summed E-state index contributed by atoms with van der Waals surface area (Å²) < 4.78 is 15.0. The third-order valence-corrected chi connectivity index (χ3v) is 2.26. The first-order valence-electron chi connectivity index (χ1n) is 5.60. The molecular formula is C14H15NO4. The van der Waals surface area contributed by atoms with E-state index in [1.54, 1.807) is 38.5 Å². The van der Waals surface area contributed by atoms with E-state index < -0.39 is 12.1 Å². The van der Waals surface area contributed by atoms with E-state index in [0.29, 0.717) is 11.5 Å². The quantitative estimate of drug-likeness (QED) is 0.600. The average molecular weight is 261 g/mol. The maximum Gasteiger partial charge on any atom is 0.332 e. The molecule has 0 amide bonds. The van der Waals surface area contributed by atoms with Crippen molar-refractivity contribution in [3.8, 4) is 17.6 Å². The van der Waals surface area contributed by atoms with E-state index in [4.69, 9.17) is 19.5 Å². The molecule has 5 heteroatoms. The van der Waals surface area contributed by atoms with Crippen molar-refractivity contribution >= 4 is 12.0 Å². The Morgan fingerprint density at radius 1 is 1.26 bits per heavy atom. The highest BCUT2D eigenvalue weighted by molar-refractivity contribution is 5.87. The Kier molecular flexibility index (Phi) is 5.42. The molecule has 0 fully saturated rings. The Morgan fingerprint density at radius 2 is 1.84 bits per heavy atom. The van der Waals surface area contributed by atoms with Crippen molar-refractivity contribution in [3.05, 3.63) is 29.8 Å². The topological polar surface area (TPSA) is 68.5 Å². The molecule has 0 aliphatic carbocycles. The summed E-state index contributed by atoms with van der Waals surface area (Å²) >= 11 is 0. The predicted octanol–water partition coefficient (Wildman–Crippen LogP) is 2.17. The van der Waals surface area contributed by atoms with Crippen molar-refractivity contribution < 1.29 is 19.0 Å². The molecular weight excluding hydrogens is 246 g/mol. The molecule has 0 N–H and O–H groups in total. The molecule has 1 rings (SSSR count). The van der Waals surface area contributed by atoms with Crippen LogP contribution in [0.1, 0.15) is 12.5 Å². The summed E-state index contributed by atoms with van der Waals surface area (Å²) in [7, 11) is 3.09. The van der Waals surface area contributed by atoms with E-state index in [1.165, 1.54) is 13.0 Å². The molecule has 0 radical (unpaired) electrons. The molecule has 19 heavy (non-hydrogen) atoms. The number of carbonyl (C=O) groups excluding carboxylic acids is 1. The number of nitriles is 1. The second kappa shape index (κ2) is 7.07. The number of hydrogen-bond donors (Lipinski definition) is 0. The molecule has 0 saturated carbocycles. The second-order valence-corrected chi connectivity index (χ2v) is 3.69. The molecule has 0 aliphatic heterocycles. The molecule has 0 aromatic heterocycles. The molecule has 5 nitrogen and oxygen atoms in total. The van der Waals surface area contributed by atoms with E-state index in [-0.39, 0.29) is 0 Å². The summed E-state index contributed by atoms with van der Waals surface area (Å²) in [5.74, 6) is 0.673. The van der Waals surface area contributed by atoms with Gasteiger partial charge in [0.05, 0.1) is 14.2 Å². The van der Waals surface area contributed by atoms with Gasteiger partial charge in [-0.05, 0) is 30.7 Å². The molecule has 0 bridgehead atoms. The fourth-order valence-corrected chi connectivity index (χ4v) is 1.33. The summed E-state index contributed by atoms with van der Waals surface area (Å²) in [5, 5.41) is 8.52. The lowest BCUT2D eigenvalue weighted by atomic mass is 10.2. The Hall–Kier alpha value is -2.48. The first-order chi connectivity index (χ1) is 9.08. The zero-order chi connectivity index (χ0) is 14.3. The number of methoxy groups -OCH3 is 2. The lowest BCUT2D eigenvalue weighted by molar-refractivity contribution is -0.139. The van der Waals surface area contributed by atoms with Crippen LogP contribution in [0, 0.1) is 11.3 Å². The van der Waals surface area contributed by atoms with Gasteiger partial charge >= 0.3 is 5.97 Å². The van der Waals surface area contributed by atoms with E-state index in [0.717, 1.165) is 5.56 Å². The van der Waals surface area contributed by atoms with Crippen molar-refractivity contribution in [3.63, 3.8) is 0 Å². The van der Waals surface area contributed by atoms with Crippen LogP contribution in [0.2, 0.25) is 0 Å². The molecule has 0 unspecified atom stereocenters. The van der Waals surface area contributed by atoms with E-state index >= 15 is 0 Å². The van der Waals surface area contributed by atoms with Crippen LogP contribution in [0.15, 0.2) is 24.3 Å². The number of esters is 1. The molecule has 0 heterocycles. The molecule has 1 aromatic carbocycles. The van der Waals surface area contributed by atoms with Crippen LogP contribution in [0.3, 0.4) is 0 Å². The standard InChI is InChI=1S/C14H15NO4/c1-10(9-15)19-14(16)5-4-11-6-12(17-2)8-13(7-11)18-3/h4-8,10H,1-3H3/b5-4+/t10-/m1/s1. The zero-order valence-electron chi connectivity index (χ0n) is 11.0. The van der Waals surface area contributed by atoms with Crippen molar-refractivity contribution in [1.29, 1.82) is 5.26 Å². The minimum absolute atomic E-state index is 0.573. The van der Waals surface area contributed by atoms with Crippen LogP contribution < -0.4 is 9.47 Å². The van der Waals surface area contributed by atoms with Crippen LogP contribution in [0.4, 0.5) is 0 Å². The number of rotatable bonds is 5. The fraction of sp³-hybridized carbons (Fsp3) is 0.286. The van der Waals surface area contributed by atoms with Crippen molar-refractivity contribution in [1.82, 2.24) is 0 Å². The maximum absolute atomic E-state index is 11.4. The van der Waals surface area contributed by atoms with Crippen molar-refractivity contribution in [2.75, 3.05) is 14.2 Å². The van der Waals surface area contributed by atoms with Gasteiger partial charge in [0.25, 0.3) is 0 Å². The summed E-state index contributed by atoms with van der Waals surface area (Å²) in [6.07, 6.45) is 2.05. The average Bonchev–Trinajstić information content (AvgIpc) is 2.44. The third-order valence-electron chi connectivity index (χ3n) is 2.26. The summed E-state index contributed by atoms with van der Waals surface area (Å²) in [6, 6.07) is 7.04. The minimum Gasteiger partial charge on any atom is -0.497 e. The van der Waals surface area contributed by atoms with Gasteiger partial charge in [-0.2, -0.15) is 5.26 Å². The molecule has 0 saturated heterocycles. The van der Waals surface area contributed by atoms with Crippen LogP contribution in [0.5, 0.6) is 11.5 Å². The fourth-order valence-electron chi connectivity index (χ4n) is 1.33. The molecule has 1 aromatic rings. The third kappa shape index (κ3) is 4.72. The largest absolute Gasteiger partial charge is 0.497 e. The van der Waals surface area contributed by atoms with Crippen LogP contribution in [0.25, 0.3) is 6.08 Å². The van der Waals surface area contributed by atoms with Gasteiger partial charge in [0.1, 0.15) is 17.6 Å². The summed E-state index contributed by atoms with van der Waals surface area (Å²) in [5.41, 5.74) is 0.734. The molecule has 100 valence electrons. The van der Waals surface area contributed by atoms with Crippen molar-refractivity contribution in [2.24, 2.45) is 0 Å². The van der Waals surface area contributed by atoms with Gasteiger partial charge in [0.15, 0.2) is 6.10 Å². The summed E-state index contributed by atoms with van der Waals surface area (Å²) in [4.78, 5) is 11.4. The molecule has 0 aliphatic rings.